The minimum absolute atomic E-state index is 0.113. The largest absolute Gasteiger partial charge is 0.405 e. The molecule has 8 nitrogen and oxygen atoms in total. The number of ether oxygens (including phenoxy) is 2. The van der Waals surface area contributed by atoms with Gasteiger partial charge in [0.1, 0.15) is 18.3 Å². The van der Waals surface area contributed by atoms with E-state index in [2.05, 4.69) is 56.9 Å². The van der Waals surface area contributed by atoms with Crippen LogP contribution in [0.1, 0.15) is 124 Å². The van der Waals surface area contributed by atoms with Crippen molar-refractivity contribution in [2.24, 2.45) is 0 Å². The summed E-state index contributed by atoms with van der Waals surface area (Å²) in [6.07, 6.45) is 15.7. The normalized spacial score (nSPS) is 19.6. The van der Waals surface area contributed by atoms with Crippen LogP contribution in [0, 0.1) is 0 Å². The maximum atomic E-state index is 12.9. The number of aromatic amines is 1. The third kappa shape index (κ3) is 10.8. The first kappa shape index (κ1) is 40.0. The Labute approximate surface area is 300 Å². The number of nitrogens with zero attached hydrogens (tertiary/aromatic N) is 1. The summed E-state index contributed by atoms with van der Waals surface area (Å²) in [7, 11) is -2.90. The van der Waals surface area contributed by atoms with Crippen molar-refractivity contribution in [2.45, 2.75) is 147 Å². The first-order valence-corrected chi connectivity index (χ1v) is 21.1. The molecule has 9 heteroatoms. The standard InChI is InChI=1S/C41H62N2O6Si/c1-5-6-7-8-9-10-11-12-13-14-15-16-17-24-31-47-38-37(45)35(49-39(38)43-30-29-36(44)42-40(43)46)32-48-50(41(2,3)4,33-25-20-18-21-26-33)34-27-22-19-23-28-34/h18-23,25-30,35,37-39,45H,5-17,24,31-32H2,1-4H3,(H,42,44,46)/t35-,37-,38-,39-/m1/s1. The maximum absolute atomic E-state index is 12.9. The number of aliphatic hydroxyl groups excluding tert-OH is 1. The van der Waals surface area contributed by atoms with Gasteiger partial charge in [-0.15, -0.1) is 0 Å². The van der Waals surface area contributed by atoms with Gasteiger partial charge in [-0.2, -0.15) is 0 Å². The van der Waals surface area contributed by atoms with Gasteiger partial charge in [0.25, 0.3) is 13.9 Å². The number of unbranched alkanes of at least 4 members (excludes halogenated alkanes) is 13. The van der Waals surface area contributed by atoms with Crippen molar-refractivity contribution < 1.29 is 19.0 Å². The van der Waals surface area contributed by atoms with Crippen LogP contribution in [0.15, 0.2) is 82.5 Å². The number of nitrogens with one attached hydrogen (secondary N) is 1. The van der Waals surface area contributed by atoms with Gasteiger partial charge in [0.05, 0.1) is 6.61 Å². The second kappa shape index (κ2) is 20.3. The first-order chi connectivity index (χ1) is 24.2. The molecule has 0 spiro atoms. The Kier molecular flexibility index (Phi) is 16.2. The Bertz CT molecular complexity index is 1450. The molecule has 0 saturated carbocycles. The van der Waals surface area contributed by atoms with Gasteiger partial charge in [0.15, 0.2) is 6.23 Å². The minimum Gasteiger partial charge on any atom is -0.405 e. The van der Waals surface area contributed by atoms with Crippen LogP contribution in [0.25, 0.3) is 0 Å². The van der Waals surface area contributed by atoms with Crippen molar-refractivity contribution in [2.75, 3.05) is 13.2 Å². The maximum Gasteiger partial charge on any atom is 0.330 e. The van der Waals surface area contributed by atoms with Gasteiger partial charge in [-0.1, -0.05) is 172 Å². The van der Waals surface area contributed by atoms with Crippen molar-refractivity contribution in [3.63, 3.8) is 0 Å². The topological polar surface area (TPSA) is 103 Å². The van der Waals surface area contributed by atoms with Crippen LogP contribution < -0.4 is 21.6 Å². The molecule has 276 valence electrons. The van der Waals surface area contributed by atoms with E-state index in [1.54, 1.807) is 0 Å². The zero-order chi connectivity index (χ0) is 35.8. The summed E-state index contributed by atoms with van der Waals surface area (Å²) in [5.74, 6) is 0. The summed E-state index contributed by atoms with van der Waals surface area (Å²) in [5, 5.41) is 13.7. The molecule has 3 aromatic rings. The van der Waals surface area contributed by atoms with Gasteiger partial charge in [-0.3, -0.25) is 14.3 Å². The smallest absolute Gasteiger partial charge is 0.330 e. The molecule has 2 heterocycles. The van der Waals surface area contributed by atoms with Gasteiger partial charge < -0.3 is 19.0 Å². The zero-order valence-electron chi connectivity index (χ0n) is 31.0. The van der Waals surface area contributed by atoms with Crippen LogP contribution in [0.2, 0.25) is 5.04 Å². The number of benzene rings is 2. The van der Waals surface area contributed by atoms with Crippen molar-refractivity contribution in [1.29, 1.82) is 0 Å². The number of aliphatic hydroxyl groups is 1. The van der Waals surface area contributed by atoms with E-state index in [-0.39, 0.29) is 11.6 Å². The van der Waals surface area contributed by atoms with E-state index in [9.17, 15) is 14.7 Å². The Morgan fingerprint density at radius 2 is 1.26 bits per heavy atom. The Hall–Kier alpha value is -2.82. The van der Waals surface area contributed by atoms with Crippen LogP contribution in [0.5, 0.6) is 0 Å². The molecule has 1 saturated heterocycles. The summed E-state index contributed by atoms with van der Waals surface area (Å²) in [6, 6.07) is 22.0. The van der Waals surface area contributed by atoms with Crippen LogP contribution in [-0.4, -0.2) is 54.5 Å². The quantitative estimate of drug-likeness (QED) is 0.0844. The van der Waals surface area contributed by atoms with Crippen molar-refractivity contribution >= 4 is 18.7 Å². The monoisotopic (exact) mass is 706 g/mol. The van der Waals surface area contributed by atoms with Crippen LogP contribution in [0.3, 0.4) is 0 Å². The molecule has 1 aliphatic rings. The highest BCUT2D eigenvalue weighted by Crippen LogP contribution is 2.38. The molecule has 1 aliphatic heterocycles. The fraction of sp³-hybridized carbons (Fsp3) is 0.610. The molecule has 2 N–H and O–H groups in total. The lowest BCUT2D eigenvalue weighted by atomic mass is 10.0. The van der Waals surface area contributed by atoms with Crippen LogP contribution in [-0.2, 0) is 13.9 Å². The molecule has 4 rings (SSSR count). The average molecular weight is 707 g/mol. The molecular formula is C41H62N2O6Si. The number of H-pyrrole nitrogens is 1. The van der Waals surface area contributed by atoms with Gasteiger partial charge in [0, 0.05) is 18.9 Å². The molecule has 0 bridgehead atoms. The van der Waals surface area contributed by atoms with Crippen molar-refractivity contribution in [3.8, 4) is 0 Å². The number of rotatable bonds is 22. The third-order valence-corrected chi connectivity index (χ3v) is 15.1. The fourth-order valence-electron chi connectivity index (χ4n) is 7.37. The third-order valence-electron chi connectivity index (χ3n) is 10.1. The van der Waals surface area contributed by atoms with Crippen molar-refractivity contribution in [3.05, 3.63) is 93.8 Å². The molecule has 4 atom stereocenters. The second-order valence-electron chi connectivity index (χ2n) is 15.0. The predicted octanol–water partition coefficient (Wildman–Crippen LogP) is 7.24. The Morgan fingerprint density at radius 1 is 0.760 bits per heavy atom. The molecule has 2 aromatic carbocycles. The summed E-state index contributed by atoms with van der Waals surface area (Å²) >= 11 is 0. The first-order valence-electron chi connectivity index (χ1n) is 19.2. The molecule has 0 radical (unpaired) electrons. The number of hydrogen-bond acceptors (Lipinski definition) is 6. The van der Waals surface area contributed by atoms with Gasteiger partial charge in [-0.05, 0) is 21.8 Å². The van der Waals surface area contributed by atoms with E-state index in [4.69, 9.17) is 13.9 Å². The fourth-order valence-corrected chi connectivity index (χ4v) is 11.9. The van der Waals surface area contributed by atoms with E-state index < -0.39 is 44.1 Å². The van der Waals surface area contributed by atoms with Crippen molar-refractivity contribution in [1.82, 2.24) is 9.55 Å². The highest BCUT2D eigenvalue weighted by atomic mass is 28.4. The molecule has 0 unspecified atom stereocenters. The van der Waals surface area contributed by atoms with E-state index in [0.717, 1.165) is 29.6 Å². The summed E-state index contributed by atoms with van der Waals surface area (Å²) in [5.41, 5.74) is -1.09. The molecule has 0 aliphatic carbocycles. The van der Waals surface area contributed by atoms with Gasteiger partial charge in [0.2, 0.25) is 0 Å². The molecule has 0 amide bonds. The molecule has 1 fully saturated rings. The van der Waals surface area contributed by atoms with E-state index >= 15 is 0 Å². The second-order valence-corrected chi connectivity index (χ2v) is 19.3. The predicted molar refractivity (Wildman–Crippen MR) is 205 cm³/mol. The van der Waals surface area contributed by atoms with Gasteiger partial charge >= 0.3 is 5.69 Å². The van der Waals surface area contributed by atoms with E-state index in [0.29, 0.717) is 6.61 Å². The summed E-state index contributed by atoms with van der Waals surface area (Å²) in [4.78, 5) is 27.1. The Balaban J connectivity index is 1.36. The SMILES string of the molecule is CCCCCCCCCCCCCCCCO[C@@H]1[C@H](O)[C@@H](CO[Si](c2ccccc2)(c2ccccc2)C(C)(C)C)O[C@H]1n1ccc(=O)[nH]c1=O. The number of hydrogen-bond donors (Lipinski definition) is 2. The summed E-state index contributed by atoms with van der Waals surface area (Å²) in [6.45, 7) is 9.44. The minimum atomic E-state index is -2.90. The highest BCUT2D eigenvalue weighted by Gasteiger charge is 2.52. The van der Waals surface area contributed by atoms with E-state index in [1.165, 1.54) is 87.5 Å². The molecular weight excluding hydrogens is 645 g/mol. The Morgan fingerprint density at radius 3 is 1.74 bits per heavy atom. The van der Waals surface area contributed by atoms with Crippen LogP contribution >= 0.6 is 0 Å². The molecule has 50 heavy (non-hydrogen) atoms. The lowest BCUT2D eigenvalue weighted by Crippen LogP contribution is -2.67. The molecule has 1 aromatic heterocycles. The average Bonchev–Trinajstić information content (AvgIpc) is 3.41. The van der Waals surface area contributed by atoms with E-state index in [1.807, 2.05) is 36.4 Å². The van der Waals surface area contributed by atoms with Crippen LogP contribution in [0.4, 0.5) is 0 Å². The highest BCUT2D eigenvalue weighted by molar-refractivity contribution is 6.99. The van der Waals surface area contributed by atoms with Gasteiger partial charge in [-0.25, -0.2) is 4.79 Å². The lowest BCUT2D eigenvalue weighted by molar-refractivity contribution is -0.0742. The zero-order valence-corrected chi connectivity index (χ0v) is 32.0. The number of aromatic nitrogens is 2. The lowest BCUT2D eigenvalue weighted by Gasteiger charge is -2.43. The summed E-state index contributed by atoms with van der Waals surface area (Å²) < 4.78 is 21.1.